The molecule has 1 N–H and O–H groups in total. The lowest BCUT2D eigenvalue weighted by Crippen LogP contribution is -2.28. The molecule has 0 spiro atoms. The molecule has 28 heavy (non-hydrogen) atoms. The van der Waals surface area contributed by atoms with Gasteiger partial charge in [-0.2, -0.15) is 11.3 Å². The second-order valence-corrected chi connectivity index (χ2v) is 8.13. The van der Waals surface area contributed by atoms with Crippen LogP contribution >= 0.6 is 22.7 Å². The largest absolute Gasteiger partial charge is 0.484 e. The minimum Gasteiger partial charge on any atom is -0.484 e. The van der Waals surface area contributed by atoms with E-state index < -0.39 is 0 Å². The van der Waals surface area contributed by atoms with Crippen LogP contribution in [-0.2, 0) is 11.3 Å². The van der Waals surface area contributed by atoms with Gasteiger partial charge in [0.05, 0.1) is 11.4 Å². The Morgan fingerprint density at radius 1 is 0.964 bits per heavy atom. The number of ether oxygens (including phenoxy) is 1. The lowest BCUT2D eigenvalue weighted by atomic mass is 10.1. The van der Waals surface area contributed by atoms with Crippen LogP contribution in [0, 0.1) is 0 Å². The highest BCUT2D eigenvalue weighted by atomic mass is 32.1. The average molecular weight is 408 g/mol. The fourth-order valence-electron chi connectivity index (χ4n) is 2.77. The molecule has 0 aliphatic heterocycles. The van der Waals surface area contributed by atoms with Crippen LogP contribution in [0.3, 0.4) is 0 Å². The minimum atomic E-state index is -0.202. The number of hydrogen-bond donors (Lipinski definition) is 1. The number of fused-ring (bicyclic) bond motifs is 1. The number of thiophene rings is 2. The first-order valence-corrected chi connectivity index (χ1v) is 10.5. The van der Waals surface area contributed by atoms with E-state index in [9.17, 15) is 9.59 Å². The van der Waals surface area contributed by atoms with Crippen molar-refractivity contribution in [2.45, 2.75) is 6.54 Å². The number of ketones is 1. The number of hydrogen-bond acceptors (Lipinski definition) is 5. The highest BCUT2D eigenvalue weighted by Crippen LogP contribution is 2.22. The lowest BCUT2D eigenvalue weighted by molar-refractivity contribution is -0.123. The summed E-state index contributed by atoms with van der Waals surface area (Å²) in [5.41, 5.74) is 0.700. The number of carbonyl (C=O) groups is 2. The van der Waals surface area contributed by atoms with E-state index in [-0.39, 0.29) is 18.3 Å². The molecule has 0 aliphatic rings. The topological polar surface area (TPSA) is 55.4 Å². The quantitative estimate of drug-likeness (QED) is 0.444. The van der Waals surface area contributed by atoms with Gasteiger partial charge in [-0.3, -0.25) is 9.59 Å². The maximum Gasteiger partial charge on any atom is 0.258 e. The molecule has 140 valence electrons. The Balaban J connectivity index is 1.29. The summed E-state index contributed by atoms with van der Waals surface area (Å²) < 4.78 is 5.60. The zero-order valence-corrected chi connectivity index (χ0v) is 16.5. The van der Waals surface area contributed by atoms with Crippen LogP contribution in [0.5, 0.6) is 5.75 Å². The van der Waals surface area contributed by atoms with E-state index in [1.807, 2.05) is 65.4 Å². The Kier molecular flexibility index (Phi) is 5.50. The average Bonchev–Trinajstić information content (AvgIpc) is 3.42. The molecule has 0 bridgehead atoms. The van der Waals surface area contributed by atoms with Crippen molar-refractivity contribution in [1.29, 1.82) is 0 Å². The van der Waals surface area contributed by atoms with Gasteiger partial charge in [-0.1, -0.05) is 30.3 Å². The Hall–Kier alpha value is -2.96. The molecule has 2 aromatic heterocycles. The third kappa shape index (κ3) is 4.30. The van der Waals surface area contributed by atoms with E-state index in [1.54, 1.807) is 6.07 Å². The van der Waals surface area contributed by atoms with Crippen molar-refractivity contribution in [2.24, 2.45) is 0 Å². The molecule has 6 heteroatoms. The molecule has 0 atom stereocenters. The van der Waals surface area contributed by atoms with E-state index in [4.69, 9.17) is 4.74 Å². The molecule has 0 aliphatic carbocycles. The lowest BCUT2D eigenvalue weighted by Gasteiger charge is -2.08. The molecular formula is C22H17NO3S2. The second kappa shape index (κ2) is 8.37. The van der Waals surface area contributed by atoms with Crippen LogP contribution in [0.25, 0.3) is 10.8 Å². The van der Waals surface area contributed by atoms with Crippen molar-refractivity contribution < 1.29 is 14.3 Å². The summed E-state index contributed by atoms with van der Waals surface area (Å²) >= 11 is 2.90. The van der Waals surface area contributed by atoms with Crippen LogP contribution in [0.15, 0.2) is 71.4 Å². The standard InChI is InChI=1S/C22H17NO3S2/c24-21(13-26-18-6-5-15-3-1-2-4-16(15)11-18)23-12-19-7-8-20(28-19)22(25)17-9-10-27-14-17/h1-11,14H,12-13H2,(H,23,24). The molecule has 4 rings (SSSR count). The first-order valence-electron chi connectivity index (χ1n) is 8.73. The van der Waals surface area contributed by atoms with Crippen molar-refractivity contribution in [2.75, 3.05) is 6.61 Å². The maximum atomic E-state index is 12.3. The summed E-state index contributed by atoms with van der Waals surface area (Å²) in [5.74, 6) is 0.476. The van der Waals surface area contributed by atoms with Gasteiger partial charge in [-0.05, 0) is 46.5 Å². The van der Waals surface area contributed by atoms with Gasteiger partial charge in [0.1, 0.15) is 5.75 Å². The van der Waals surface area contributed by atoms with Crippen LogP contribution < -0.4 is 10.1 Å². The van der Waals surface area contributed by atoms with Crippen molar-refractivity contribution in [1.82, 2.24) is 5.32 Å². The number of amides is 1. The van der Waals surface area contributed by atoms with Crippen LogP contribution in [0.2, 0.25) is 0 Å². The molecule has 0 unspecified atom stereocenters. The summed E-state index contributed by atoms with van der Waals surface area (Å²) in [6, 6.07) is 19.2. The Labute approximate surface area is 170 Å². The molecule has 4 nitrogen and oxygen atoms in total. The SMILES string of the molecule is O=C(COc1ccc2ccccc2c1)NCc1ccc(C(=O)c2ccsc2)s1. The third-order valence-electron chi connectivity index (χ3n) is 4.22. The zero-order chi connectivity index (χ0) is 19.3. The van der Waals surface area contributed by atoms with Crippen LogP contribution in [0.4, 0.5) is 0 Å². The maximum absolute atomic E-state index is 12.3. The van der Waals surface area contributed by atoms with Gasteiger partial charge >= 0.3 is 0 Å². The summed E-state index contributed by atoms with van der Waals surface area (Å²) in [4.78, 5) is 26.0. The van der Waals surface area contributed by atoms with Crippen molar-refractivity contribution in [3.8, 4) is 5.75 Å². The van der Waals surface area contributed by atoms with Crippen LogP contribution in [0.1, 0.15) is 20.1 Å². The van der Waals surface area contributed by atoms with E-state index in [2.05, 4.69) is 5.32 Å². The normalized spacial score (nSPS) is 10.7. The first kappa shape index (κ1) is 18.4. The number of rotatable bonds is 7. The first-order chi connectivity index (χ1) is 13.7. The van der Waals surface area contributed by atoms with E-state index >= 15 is 0 Å². The van der Waals surface area contributed by atoms with Gasteiger partial charge in [0.2, 0.25) is 5.78 Å². The number of carbonyl (C=O) groups excluding carboxylic acids is 2. The minimum absolute atomic E-state index is 0.0171. The Morgan fingerprint density at radius 3 is 2.64 bits per heavy atom. The Bertz CT molecular complexity index is 1120. The van der Waals surface area contributed by atoms with Crippen LogP contribution in [-0.4, -0.2) is 18.3 Å². The van der Waals surface area contributed by atoms with Gasteiger partial charge in [0, 0.05) is 15.8 Å². The molecule has 0 radical (unpaired) electrons. The summed E-state index contributed by atoms with van der Waals surface area (Å²) in [7, 11) is 0. The van der Waals surface area contributed by atoms with Crippen molar-refractivity contribution >= 4 is 45.1 Å². The third-order valence-corrected chi connectivity index (χ3v) is 5.99. The highest BCUT2D eigenvalue weighted by Gasteiger charge is 2.12. The molecule has 0 saturated heterocycles. The second-order valence-electron chi connectivity index (χ2n) is 6.18. The van der Waals surface area contributed by atoms with E-state index in [0.717, 1.165) is 15.6 Å². The molecular weight excluding hydrogens is 390 g/mol. The van der Waals surface area contributed by atoms with Gasteiger partial charge in [0.15, 0.2) is 6.61 Å². The molecule has 1 amide bonds. The molecule has 2 aromatic carbocycles. The molecule has 0 fully saturated rings. The van der Waals surface area contributed by atoms with E-state index in [0.29, 0.717) is 22.7 Å². The molecule has 2 heterocycles. The van der Waals surface area contributed by atoms with Gasteiger partial charge in [-0.25, -0.2) is 0 Å². The molecule has 4 aromatic rings. The van der Waals surface area contributed by atoms with Gasteiger partial charge in [-0.15, -0.1) is 11.3 Å². The summed E-state index contributed by atoms with van der Waals surface area (Å²) in [6.07, 6.45) is 0. The molecule has 0 saturated carbocycles. The zero-order valence-electron chi connectivity index (χ0n) is 14.9. The van der Waals surface area contributed by atoms with Gasteiger partial charge in [0.25, 0.3) is 5.91 Å². The smallest absolute Gasteiger partial charge is 0.258 e. The monoisotopic (exact) mass is 407 g/mol. The van der Waals surface area contributed by atoms with Gasteiger partial charge < -0.3 is 10.1 Å². The van der Waals surface area contributed by atoms with Crippen molar-refractivity contribution in [3.63, 3.8) is 0 Å². The summed E-state index contributed by atoms with van der Waals surface area (Å²) in [5, 5.41) is 8.76. The number of benzene rings is 2. The Morgan fingerprint density at radius 2 is 1.82 bits per heavy atom. The number of nitrogens with one attached hydrogen (secondary N) is 1. The summed E-state index contributed by atoms with van der Waals surface area (Å²) in [6.45, 7) is 0.325. The van der Waals surface area contributed by atoms with E-state index in [1.165, 1.54) is 22.7 Å². The fourth-order valence-corrected chi connectivity index (χ4v) is 4.32. The predicted molar refractivity (Wildman–Crippen MR) is 113 cm³/mol. The van der Waals surface area contributed by atoms with Crippen molar-refractivity contribution in [3.05, 3.63) is 86.7 Å². The highest BCUT2D eigenvalue weighted by molar-refractivity contribution is 7.14. The predicted octanol–water partition coefficient (Wildman–Crippen LogP) is 4.89. The fraction of sp³-hybridized carbons (Fsp3) is 0.0909.